The van der Waals surface area contributed by atoms with E-state index in [1.54, 1.807) is 23.4 Å². The zero-order valence-corrected chi connectivity index (χ0v) is 22.3. The first kappa shape index (κ1) is 25.0. The van der Waals surface area contributed by atoms with Gasteiger partial charge in [-0.2, -0.15) is 10.2 Å². The van der Waals surface area contributed by atoms with Crippen LogP contribution in [-0.4, -0.2) is 44.9 Å². The summed E-state index contributed by atoms with van der Waals surface area (Å²) in [6, 6.07) is 9.41. The number of hydrogen-bond acceptors (Lipinski definition) is 7. The molecule has 0 fully saturated rings. The molecule has 0 spiro atoms. The van der Waals surface area contributed by atoms with Crippen LogP contribution >= 0.6 is 0 Å². The number of nitrogens with one attached hydrogen (secondary N) is 1. The fourth-order valence-electron chi connectivity index (χ4n) is 5.24. The van der Waals surface area contributed by atoms with Gasteiger partial charge in [0, 0.05) is 59.7 Å². The van der Waals surface area contributed by atoms with Crippen molar-refractivity contribution in [2.45, 2.75) is 52.3 Å². The zero-order chi connectivity index (χ0) is 27.1. The minimum Gasteiger partial charge on any atom is -0.493 e. The lowest BCUT2D eigenvalue weighted by atomic mass is 9.94. The van der Waals surface area contributed by atoms with Crippen molar-refractivity contribution in [1.29, 1.82) is 0 Å². The number of pyridine rings is 1. The molecule has 9 heteroatoms. The number of aromatic nitrogens is 3. The molecular weight excluding hydrogens is 497 g/mol. The Morgan fingerprint density at radius 2 is 1.90 bits per heavy atom. The fourth-order valence-corrected chi connectivity index (χ4v) is 5.24. The van der Waals surface area contributed by atoms with Crippen molar-refractivity contribution in [1.82, 2.24) is 20.1 Å². The van der Waals surface area contributed by atoms with Crippen LogP contribution in [0.5, 0.6) is 5.75 Å². The predicted molar refractivity (Wildman–Crippen MR) is 146 cm³/mol. The molecule has 0 radical (unpaired) electrons. The van der Waals surface area contributed by atoms with Gasteiger partial charge < -0.3 is 19.7 Å². The van der Waals surface area contributed by atoms with Crippen molar-refractivity contribution < 1.29 is 18.7 Å². The van der Waals surface area contributed by atoms with Gasteiger partial charge in [-0.1, -0.05) is 18.2 Å². The first-order chi connectivity index (χ1) is 18.8. The summed E-state index contributed by atoms with van der Waals surface area (Å²) >= 11 is 0. The van der Waals surface area contributed by atoms with Gasteiger partial charge in [-0.05, 0) is 56.0 Å². The number of ether oxygens (including phenoxy) is 2. The van der Waals surface area contributed by atoms with Gasteiger partial charge in [0.25, 0.3) is 0 Å². The van der Waals surface area contributed by atoms with Crippen molar-refractivity contribution in [2.24, 2.45) is 0 Å². The number of carbonyl (C=O) groups excluding carboxylic acids is 1. The summed E-state index contributed by atoms with van der Waals surface area (Å²) in [4.78, 5) is 19.0. The van der Waals surface area contributed by atoms with E-state index in [-0.39, 0.29) is 18.5 Å². The molecule has 0 saturated carbocycles. The second kappa shape index (κ2) is 9.80. The van der Waals surface area contributed by atoms with E-state index >= 15 is 0 Å². The Balaban J connectivity index is 1.26. The monoisotopic (exact) mass is 527 g/mol. The highest BCUT2D eigenvalue weighted by Crippen LogP contribution is 2.34. The lowest BCUT2D eigenvalue weighted by molar-refractivity contribution is 0.0224. The van der Waals surface area contributed by atoms with Crippen LogP contribution in [-0.2, 0) is 30.7 Å². The van der Waals surface area contributed by atoms with Crippen LogP contribution in [0.2, 0.25) is 0 Å². The van der Waals surface area contributed by atoms with Gasteiger partial charge in [-0.15, -0.1) is 0 Å². The van der Waals surface area contributed by atoms with E-state index < -0.39 is 5.60 Å². The van der Waals surface area contributed by atoms with Crippen molar-refractivity contribution in [3.63, 3.8) is 0 Å². The Morgan fingerprint density at radius 3 is 2.72 bits per heavy atom. The highest BCUT2D eigenvalue weighted by Gasteiger charge is 2.26. The zero-order valence-electron chi connectivity index (χ0n) is 22.3. The molecule has 4 aromatic rings. The van der Waals surface area contributed by atoms with Crippen LogP contribution in [0.15, 0.2) is 48.9 Å². The number of carbonyl (C=O) groups is 1. The molecule has 8 nitrogen and oxygen atoms in total. The summed E-state index contributed by atoms with van der Waals surface area (Å²) in [5, 5.41) is 13.2. The molecule has 39 heavy (non-hydrogen) atoms. The van der Waals surface area contributed by atoms with Gasteiger partial charge in [0.2, 0.25) is 0 Å². The number of halogens is 1. The van der Waals surface area contributed by atoms with Gasteiger partial charge >= 0.3 is 6.09 Å². The lowest BCUT2D eigenvalue weighted by Gasteiger charge is -2.31. The Morgan fingerprint density at radius 1 is 1.08 bits per heavy atom. The predicted octanol–water partition coefficient (Wildman–Crippen LogP) is 5.67. The summed E-state index contributed by atoms with van der Waals surface area (Å²) in [5.41, 5.74) is 5.23. The van der Waals surface area contributed by atoms with Gasteiger partial charge in [0.1, 0.15) is 23.0 Å². The normalized spacial score (nSPS) is 14.5. The third-order valence-corrected chi connectivity index (χ3v) is 7.15. The number of anilines is 1. The summed E-state index contributed by atoms with van der Waals surface area (Å²) in [6.07, 6.45) is 6.37. The first-order valence-corrected chi connectivity index (χ1v) is 13.1. The molecular formula is C30H30FN5O3. The van der Waals surface area contributed by atoms with E-state index in [1.165, 1.54) is 11.6 Å². The number of benzene rings is 2. The third-order valence-electron chi connectivity index (χ3n) is 7.15. The van der Waals surface area contributed by atoms with Crippen molar-refractivity contribution >= 4 is 22.7 Å². The Bertz CT molecular complexity index is 1580. The minimum atomic E-state index is -0.525. The molecule has 4 heterocycles. The Hall–Kier alpha value is -4.27. The van der Waals surface area contributed by atoms with E-state index in [1.807, 2.05) is 33.0 Å². The van der Waals surface area contributed by atoms with Crippen LogP contribution in [0.1, 0.15) is 43.0 Å². The lowest BCUT2D eigenvalue weighted by Crippen LogP contribution is -2.39. The highest BCUT2D eigenvalue weighted by molar-refractivity contribution is 6.00. The third kappa shape index (κ3) is 4.96. The van der Waals surface area contributed by atoms with Crippen LogP contribution in [0.25, 0.3) is 21.9 Å². The van der Waals surface area contributed by atoms with E-state index in [0.29, 0.717) is 37.5 Å². The second-order valence-electron chi connectivity index (χ2n) is 10.9. The van der Waals surface area contributed by atoms with Gasteiger partial charge in [-0.25, -0.2) is 14.2 Å². The molecule has 2 aromatic carbocycles. The van der Waals surface area contributed by atoms with Crippen molar-refractivity contribution in [3.8, 4) is 16.9 Å². The van der Waals surface area contributed by atoms with Crippen LogP contribution in [0.4, 0.5) is 15.0 Å². The smallest absolute Gasteiger partial charge is 0.410 e. The van der Waals surface area contributed by atoms with Crippen LogP contribution in [0, 0.1) is 5.82 Å². The van der Waals surface area contributed by atoms with E-state index in [0.717, 1.165) is 45.2 Å². The minimum absolute atomic E-state index is 0.258. The quantitative estimate of drug-likeness (QED) is 0.366. The van der Waals surface area contributed by atoms with Gasteiger partial charge in [-0.3, -0.25) is 0 Å². The van der Waals surface area contributed by atoms with E-state index in [9.17, 15) is 9.18 Å². The molecule has 1 amide bonds. The Labute approximate surface area is 226 Å². The molecule has 2 aliphatic heterocycles. The molecule has 0 aliphatic carbocycles. The average molecular weight is 528 g/mol. The van der Waals surface area contributed by atoms with E-state index in [2.05, 4.69) is 27.6 Å². The molecule has 0 saturated heterocycles. The van der Waals surface area contributed by atoms with Gasteiger partial charge in [0.15, 0.2) is 0 Å². The van der Waals surface area contributed by atoms with Gasteiger partial charge in [0.05, 0.1) is 19.0 Å². The Kier molecular flexibility index (Phi) is 6.29. The maximum atomic E-state index is 14.7. The molecule has 1 N–H and O–H groups in total. The maximum Gasteiger partial charge on any atom is 0.410 e. The van der Waals surface area contributed by atoms with Crippen molar-refractivity contribution in [3.05, 3.63) is 77.0 Å². The van der Waals surface area contributed by atoms with Crippen molar-refractivity contribution in [2.75, 3.05) is 18.5 Å². The maximum absolute atomic E-state index is 14.7. The second-order valence-corrected chi connectivity index (χ2v) is 10.9. The number of amides is 1. The molecule has 6 rings (SSSR count). The summed E-state index contributed by atoms with van der Waals surface area (Å²) in [5.74, 6) is 1.10. The molecule has 0 bridgehead atoms. The van der Waals surface area contributed by atoms with Crippen LogP contribution < -0.4 is 10.1 Å². The largest absolute Gasteiger partial charge is 0.493 e. The highest BCUT2D eigenvalue weighted by atomic mass is 19.1. The topological polar surface area (TPSA) is 89.5 Å². The molecule has 0 unspecified atom stereocenters. The van der Waals surface area contributed by atoms with Crippen LogP contribution in [0.3, 0.4) is 0 Å². The molecule has 0 atom stereocenters. The molecule has 2 aliphatic rings. The molecule has 200 valence electrons. The summed E-state index contributed by atoms with van der Waals surface area (Å²) in [6.45, 7) is 7.59. The molecule has 2 aromatic heterocycles. The number of fused-ring (bicyclic) bond motifs is 3. The number of nitrogens with zero attached hydrogens (tertiary/aromatic N) is 4. The summed E-state index contributed by atoms with van der Waals surface area (Å²) < 4.78 is 25.8. The summed E-state index contributed by atoms with van der Waals surface area (Å²) in [7, 11) is 0. The fraction of sp³-hybridized carbons (Fsp3) is 0.333. The van der Waals surface area contributed by atoms with E-state index in [4.69, 9.17) is 14.5 Å². The SMILES string of the molecule is CC(C)(C)OC(=O)N1CCc2cc(-c3cnc(NCc4c(F)ccc5c4CCO5)c4cnncc34)ccc2C1. The number of rotatable bonds is 4. The average Bonchev–Trinajstić information content (AvgIpc) is 3.40. The standard InChI is InChI=1S/C30H30FN5O3/c1-30(2,3)39-29(37)36-10-8-18-12-19(4-5-20(18)17-36)22-13-32-28(25-16-35-34-15-23(22)25)33-14-24-21-9-11-38-27(21)7-6-26(24)31/h4-7,12-13,15-16H,8-11,14,17H2,1-3H3,(H,32,33). The first-order valence-electron chi connectivity index (χ1n) is 13.1. The number of hydrogen-bond donors (Lipinski definition) is 1.